The molecular formula is C13H19NO4S. The average Bonchev–Trinajstić information content (AvgIpc) is 2.75. The van der Waals surface area contributed by atoms with Crippen molar-refractivity contribution in [3.63, 3.8) is 0 Å². The van der Waals surface area contributed by atoms with E-state index in [4.69, 9.17) is 9.47 Å². The maximum atomic E-state index is 11.2. The lowest BCUT2D eigenvalue weighted by Gasteiger charge is -2.14. The van der Waals surface area contributed by atoms with Crippen LogP contribution < -0.4 is 14.2 Å². The molecule has 1 N–H and O–H groups in total. The molecule has 0 saturated heterocycles. The Morgan fingerprint density at radius 2 is 1.89 bits per heavy atom. The number of benzene rings is 1. The van der Waals surface area contributed by atoms with Crippen molar-refractivity contribution in [3.8, 4) is 11.5 Å². The lowest BCUT2D eigenvalue weighted by atomic mass is 10.0. The number of ether oxygens (including phenoxy) is 2. The Morgan fingerprint density at radius 3 is 2.47 bits per heavy atom. The first kappa shape index (κ1) is 14.1. The van der Waals surface area contributed by atoms with Crippen molar-refractivity contribution in [1.29, 1.82) is 0 Å². The Kier molecular flexibility index (Phi) is 4.01. The first-order valence-corrected chi connectivity index (χ1v) is 8.03. The first-order chi connectivity index (χ1) is 8.94. The zero-order valence-electron chi connectivity index (χ0n) is 11.4. The van der Waals surface area contributed by atoms with Crippen LogP contribution in [0.5, 0.6) is 11.5 Å². The van der Waals surface area contributed by atoms with Gasteiger partial charge in [-0.25, -0.2) is 13.1 Å². The smallest absolute Gasteiger partial charge is 0.208 e. The van der Waals surface area contributed by atoms with Gasteiger partial charge < -0.3 is 9.47 Å². The molecule has 0 radical (unpaired) electrons. The Bertz CT molecular complexity index is 568. The van der Waals surface area contributed by atoms with Crippen molar-refractivity contribution in [2.24, 2.45) is 0 Å². The SMILES string of the molecule is COc1cc2c(cc1OC)C(CNS(C)(=O)=O)CC2. The number of hydrogen-bond donors (Lipinski definition) is 1. The van der Waals surface area contributed by atoms with E-state index >= 15 is 0 Å². The van der Waals surface area contributed by atoms with Gasteiger partial charge in [-0.1, -0.05) is 0 Å². The van der Waals surface area contributed by atoms with Crippen LogP contribution in [-0.4, -0.2) is 35.4 Å². The molecular weight excluding hydrogens is 266 g/mol. The number of fused-ring (bicyclic) bond motifs is 1. The standard InChI is InChI=1S/C13H19NO4S/c1-17-12-6-9-4-5-10(8-14-19(3,15)16)11(9)7-13(12)18-2/h6-7,10,14H,4-5,8H2,1-3H3. The van der Waals surface area contributed by atoms with Crippen molar-refractivity contribution in [1.82, 2.24) is 4.72 Å². The highest BCUT2D eigenvalue weighted by Gasteiger charge is 2.25. The third kappa shape index (κ3) is 3.19. The van der Waals surface area contributed by atoms with Crippen LogP contribution in [0.15, 0.2) is 12.1 Å². The minimum absolute atomic E-state index is 0.199. The molecule has 1 atom stereocenters. The number of aryl methyl sites for hydroxylation is 1. The van der Waals surface area contributed by atoms with E-state index in [2.05, 4.69) is 4.72 Å². The number of nitrogens with one attached hydrogen (secondary N) is 1. The van der Waals surface area contributed by atoms with Crippen molar-refractivity contribution >= 4 is 10.0 Å². The molecule has 0 spiro atoms. The predicted molar refractivity (Wildman–Crippen MR) is 73.5 cm³/mol. The molecule has 106 valence electrons. The predicted octanol–water partition coefficient (Wildman–Crippen LogP) is 1.28. The summed E-state index contributed by atoms with van der Waals surface area (Å²) < 4.78 is 35.5. The fourth-order valence-electron chi connectivity index (χ4n) is 2.48. The normalized spacial score (nSPS) is 18.2. The molecule has 0 amide bonds. The molecule has 0 aromatic heterocycles. The molecule has 0 saturated carbocycles. The van der Waals surface area contributed by atoms with E-state index in [1.54, 1.807) is 14.2 Å². The summed E-state index contributed by atoms with van der Waals surface area (Å²) in [6.45, 7) is 0.432. The number of sulfonamides is 1. The average molecular weight is 285 g/mol. The fourth-order valence-corrected chi connectivity index (χ4v) is 2.99. The van der Waals surface area contributed by atoms with Crippen LogP contribution >= 0.6 is 0 Å². The van der Waals surface area contributed by atoms with Gasteiger partial charge in [0, 0.05) is 6.54 Å². The lowest BCUT2D eigenvalue weighted by molar-refractivity contribution is 0.354. The summed E-state index contributed by atoms with van der Waals surface area (Å²) in [6.07, 6.45) is 3.05. The third-order valence-electron chi connectivity index (χ3n) is 3.44. The monoisotopic (exact) mass is 285 g/mol. The van der Waals surface area contributed by atoms with Gasteiger partial charge in [0.2, 0.25) is 10.0 Å². The van der Waals surface area contributed by atoms with Crippen molar-refractivity contribution < 1.29 is 17.9 Å². The number of methoxy groups -OCH3 is 2. The van der Waals surface area contributed by atoms with Crippen LogP contribution in [0.2, 0.25) is 0 Å². The molecule has 1 aromatic rings. The highest BCUT2D eigenvalue weighted by molar-refractivity contribution is 7.88. The number of hydrogen-bond acceptors (Lipinski definition) is 4. The van der Waals surface area contributed by atoms with Gasteiger partial charge in [0.05, 0.1) is 20.5 Å². The van der Waals surface area contributed by atoms with Gasteiger partial charge in [0.15, 0.2) is 11.5 Å². The largest absolute Gasteiger partial charge is 0.493 e. The van der Waals surface area contributed by atoms with Crippen LogP contribution in [0.4, 0.5) is 0 Å². The Balaban J connectivity index is 2.24. The highest BCUT2D eigenvalue weighted by Crippen LogP contribution is 2.40. The summed E-state index contributed by atoms with van der Waals surface area (Å²) >= 11 is 0. The second kappa shape index (κ2) is 5.38. The zero-order valence-corrected chi connectivity index (χ0v) is 12.2. The van der Waals surface area contributed by atoms with Gasteiger partial charge in [0.25, 0.3) is 0 Å². The van der Waals surface area contributed by atoms with E-state index < -0.39 is 10.0 Å². The summed E-state index contributed by atoms with van der Waals surface area (Å²) in [5.41, 5.74) is 2.35. The van der Waals surface area contributed by atoms with Crippen LogP contribution in [0.3, 0.4) is 0 Å². The van der Waals surface area contributed by atoms with Crippen LogP contribution in [0.1, 0.15) is 23.5 Å². The Morgan fingerprint density at radius 1 is 1.26 bits per heavy atom. The minimum Gasteiger partial charge on any atom is -0.493 e. The maximum Gasteiger partial charge on any atom is 0.208 e. The summed E-state index contributed by atoms with van der Waals surface area (Å²) in [5.74, 6) is 1.61. The minimum atomic E-state index is -3.15. The molecule has 0 heterocycles. The summed E-state index contributed by atoms with van der Waals surface area (Å²) in [6, 6.07) is 3.93. The zero-order chi connectivity index (χ0) is 14.0. The van der Waals surface area contributed by atoms with Gasteiger partial charge in [-0.15, -0.1) is 0 Å². The van der Waals surface area contributed by atoms with E-state index in [9.17, 15) is 8.42 Å². The van der Waals surface area contributed by atoms with E-state index in [0.29, 0.717) is 12.3 Å². The van der Waals surface area contributed by atoms with Crippen LogP contribution in [0.25, 0.3) is 0 Å². The van der Waals surface area contributed by atoms with Crippen molar-refractivity contribution in [3.05, 3.63) is 23.3 Å². The molecule has 1 aliphatic rings. The van der Waals surface area contributed by atoms with Crippen LogP contribution in [-0.2, 0) is 16.4 Å². The van der Waals surface area contributed by atoms with Crippen molar-refractivity contribution in [2.45, 2.75) is 18.8 Å². The van der Waals surface area contributed by atoms with Gasteiger partial charge in [-0.2, -0.15) is 0 Å². The molecule has 1 aromatic carbocycles. The molecule has 5 nitrogen and oxygen atoms in total. The van der Waals surface area contributed by atoms with Crippen LogP contribution in [0, 0.1) is 0 Å². The first-order valence-electron chi connectivity index (χ1n) is 6.14. The Hall–Kier alpha value is -1.27. The molecule has 0 fully saturated rings. The molecule has 6 heteroatoms. The fraction of sp³-hybridized carbons (Fsp3) is 0.538. The second-order valence-corrected chi connectivity index (χ2v) is 6.60. The summed E-state index contributed by atoms with van der Waals surface area (Å²) in [7, 11) is 0.0646. The van der Waals surface area contributed by atoms with Crippen molar-refractivity contribution in [2.75, 3.05) is 27.0 Å². The Labute approximate surface area is 114 Å². The van der Waals surface area contributed by atoms with Gasteiger partial charge >= 0.3 is 0 Å². The lowest BCUT2D eigenvalue weighted by Crippen LogP contribution is -2.26. The highest BCUT2D eigenvalue weighted by atomic mass is 32.2. The summed E-state index contributed by atoms with van der Waals surface area (Å²) in [5, 5.41) is 0. The van der Waals surface area contributed by atoms with E-state index in [-0.39, 0.29) is 5.92 Å². The van der Waals surface area contributed by atoms with E-state index in [1.165, 1.54) is 11.8 Å². The molecule has 1 unspecified atom stereocenters. The molecule has 0 bridgehead atoms. The number of rotatable bonds is 5. The topological polar surface area (TPSA) is 64.6 Å². The molecule has 0 aliphatic heterocycles. The molecule has 1 aliphatic carbocycles. The maximum absolute atomic E-state index is 11.2. The molecule has 2 rings (SSSR count). The quantitative estimate of drug-likeness (QED) is 0.885. The third-order valence-corrected chi connectivity index (χ3v) is 4.13. The van der Waals surface area contributed by atoms with Gasteiger partial charge in [-0.05, 0) is 42.0 Å². The second-order valence-electron chi connectivity index (χ2n) is 4.76. The van der Waals surface area contributed by atoms with Gasteiger partial charge in [-0.3, -0.25) is 0 Å². The van der Waals surface area contributed by atoms with E-state index in [1.807, 2.05) is 12.1 Å². The van der Waals surface area contributed by atoms with E-state index in [0.717, 1.165) is 24.2 Å². The summed E-state index contributed by atoms with van der Waals surface area (Å²) in [4.78, 5) is 0. The molecule has 19 heavy (non-hydrogen) atoms. The van der Waals surface area contributed by atoms with Gasteiger partial charge in [0.1, 0.15) is 0 Å².